The molecule has 22 heavy (non-hydrogen) atoms. The molecule has 2 N–H and O–H groups in total. The highest BCUT2D eigenvalue weighted by Crippen LogP contribution is 2.31. The highest BCUT2D eigenvalue weighted by atomic mass is 16.2. The summed E-state index contributed by atoms with van der Waals surface area (Å²) in [6.45, 7) is 1.91. The van der Waals surface area contributed by atoms with E-state index in [1.165, 1.54) is 0 Å². The van der Waals surface area contributed by atoms with Crippen LogP contribution in [0.1, 0.15) is 41.6 Å². The van der Waals surface area contributed by atoms with E-state index in [2.05, 4.69) is 15.5 Å². The van der Waals surface area contributed by atoms with Crippen LogP contribution >= 0.6 is 0 Å². The number of carbonyl (C=O) groups is 2. The van der Waals surface area contributed by atoms with Crippen molar-refractivity contribution in [3.8, 4) is 0 Å². The number of amides is 2. The molecule has 3 aliphatic heterocycles. The van der Waals surface area contributed by atoms with Crippen molar-refractivity contribution in [3.05, 3.63) is 29.3 Å². The normalized spacial score (nSPS) is 27.1. The first kappa shape index (κ1) is 13.8. The van der Waals surface area contributed by atoms with Gasteiger partial charge in [0, 0.05) is 36.3 Å². The number of anilines is 1. The molecule has 116 valence electrons. The highest BCUT2D eigenvalue weighted by molar-refractivity contribution is 5.98. The zero-order valence-corrected chi connectivity index (χ0v) is 12.6. The lowest BCUT2D eigenvalue weighted by molar-refractivity contribution is -0.116. The SMILES string of the molecule is O=C1CCc2cc(C(=O)N3C4CCNCC3CC4)ccc2N1. The molecule has 0 aliphatic carbocycles. The standard InChI is InChI=1S/C17H21N3O2/c21-16-6-2-11-9-12(1-5-15(11)19-16)17(22)20-13-3-4-14(20)10-18-8-7-13/h1,5,9,13-14,18H,2-4,6-8,10H2,(H,19,21). The molecule has 5 nitrogen and oxygen atoms in total. The van der Waals surface area contributed by atoms with Gasteiger partial charge < -0.3 is 15.5 Å². The summed E-state index contributed by atoms with van der Waals surface area (Å²) in [7, 11) is 0. The van der Waals surface area contributed by atoms with Crippen molar-refractivity contribution in [2.45, 2.75) is 44.2 Å². The third-order valence-electron chi connectivity index (χ3n) is 5.14. The fourth-order valence-electron chi connectivity index (χ4n) is 3.98. The maximum Gasteiger partial charge on any atom is 0.254 e. The predicted molar refractivity (Wildman–Crippen MR) is 83.9 cm³/mol. The molecule has 2 saturated heterocycles. The minimum atomic E-state index is 0.0585. The molecule has 0 radical (unpaired) electrons. The van der Waals surface area contributed by atoms with E-state index in [4.69, 9.17) is 0 Å². The molecule has 5 heteroatoms. The third-order valence-corrected chi connectivity index (χ3v) is 5.14. The molecule has 2 bridgehead atoms. The third kappa shape index (κ3) is 2.29. The van der Waals surface area contributed by atoms with Gasteiger partial charge in [-0.05, 0) is 56.0 Å². The van der Waals surface area contributed by atoms with Crippen LogP contribution in [-0.2, 0) is 11.2 Å². The van der Waals surface area contributed by atoms with Gasteiger partial charge in [0.25, 0.3) is 5.91 Å². The maximum absolute atomic E-state index is 13.0. The van der Waals surface area contributed by atoms with Crippen molar-refractivity contribution in [3.63, 3.8) is 0 Å². The fraction of sp³-hybridized carbons (Fsp3) is 0.529. The predicted octanol–water partition coefficient (Wildman–Crippen LogP) is 1.54. The van der Waals surface area contributed by atoms with Gasteiger partial charge in [0.05, 0.1) is 0 Å². The number of fused-ring (bicyclic) bond motifs is 3. The van der Waals surface area contributed by atoms with Crippen molar-refractivity contribution in [2.24, 2.45) is 0 Å². The number of rotatable bonds is 1. The number of benzene rings is 1. The minimum Gasteiger partial charge on any atom is -0.331 e. The van der Waals surface area contributed by atoms with Gasteiger partial charge in [0.2, 0.25) is 5.91 Å². The minimum absolute atomic E-state index is 0.0585. The molecular formula is C17H21N3O2. The molecule has 2 atom stereocenters. The Balaban J connectivity index is 1.61. The summed E-state index contributed by atoms with van der Waals surface area (Å²) in [4.78, 5) is 26.5. The summed E-state index contributed by atoms with van der Waals surface area (Å²) < 4.78 is 0. The number of nitrogens with zero attached hydrogens (tertiary/aromatic N) is 1. The van der Waals surface area contributed by atoms with Gasteiger partial charge in [-0.3, -0.25) is 9.59 Å². The number of nitrogens with one attached hydrogen (secondary N) is 2. The average Bonchev–Trinajstić information content (AvgIpc) is 2.79. The van der Waals surface area contributed by atoms with Gasteiger partial charge in [-0.1, -0.05) is 0 Å². The molecule has 2 fully saturated rings. The van der Waals surface area contributed by atoms with Crippen LogP contribution in [0.2, 0.25) is 0 Å². The fourth-order valence-corrected chi connectivity index (χ4v) is 3.98. The van der Waals surface area contributed by atoms with E-state index in [1.807, 2.05) is 18.2 Å². The molecule has 4 rings (SSSR count). The maximum atomic E-state index is 13.0. The molecule has 2 unspecified atom stereocenters. The van der Waals surface area contributed by atoms with E-state index in [9.17, 15) is 9.59 Å². The van der Waals surface area contributed by atoms with Crippen LogP contribution in [0.4, 0.5) is 5.69 Å². The van der Waals surface area contributed by atoms with Crippen molar-refractivity contribution < 1.29 is 9.59 Å². The van der Waals surface area contributed by atoms with Gasteiger partial charge >= 0.3 is 0 Å². The summed E-state index contributed by atoms with van der Waals surface area (Å²) >= 11 is 0. The highest BCUT2D eigenvalue weighted by Gasteiger charge is 2.38. The summed E-state index contributed by atoms with van der Waals surface area (Å²) in [5.74, 6) is 0.208. The lowest BCUT2D eigenvalue weighted by Crippen LogP contribution is -2.42. The Morgan fingerprint density at radius 3 is 2.91 bits per heavy atom. The van der Waals surface area contributed by atoms with E-state index in [0.29, 0.717) is 18.5 Å². The Bertz CT molecular complexity index is 614. The number of hydrogen-bond donors (Lipinski definition) is 2. The molecule has 3 heterocycles. The Hall–Kier alpha value is -1.88. The second-order valence-corrected chi connectivity index (χ2v) is 6.51. The van der Waals surface area contributed by atoms with Crippen molar-refractivity contribution in [1.82, 2.24) is 10.2 Å². The van der Waals surface area contributed by atoms with Crippen LogP contribution in [0.3, 0.4) is 0 Å². The van der Waals surface area contributed by atoms with Crippen LogP contribution in [0.15, 0.2) is 18.2 Å². The van der Waals surface area contributed by atoms with Gasteiger partial charge in [-0.2, -0.15) is 0 Å². The van der Waals surface area contributed by atoms with Crippen molar-refractivity contribution in [2.75, 3.05) is 18.4 Å². The summed E-state index contributed by atoms with van der Waals surface area (Å²) in [5, 5.41) is 6.30. The first-order valence-electron chi connectivity index (χ1n) is 8.18. The Morgan fingerprint density at radius 2 is 2.00 bits per heavy atom. The molecule has 1 aromatic carbocycles. The second kappa shape index (κ2) is 5.39. The first-order chi connectivity index (χ1) is 10.7. The second-order valence-electron chi connectivity index (χ2n) is 6.51. The Morgan fingerprint density at radius 1 is 1.14 bits per heavy atom. The molecule has 2 amide bonds. The van der Waals surface area contributed by atoms with Gasteiger partial charge in [-0.15, -0.1) is 0 Å². The number of hydrogen-bond acceptors (Lipinski definition) is 3. The topological polar surface area (TPSA) is 61.4 Å². The monoisotopic (exact) mass is 299 g/mol. The van der Waals surface area contributed by atoms with Crippen molar-refractivity contribution in [1.29, 1.82) is 0 Å². The van der Waals surface area contributed by atoms with Crippen LogP contribution in [0.5, 0.6) is 0 Å². The average molecular weight is 299 g/mol. The van der Waals surface area contributed by atoms with E-state index in [1.54, 1.807) is 0 Å². The zero-order valence-electron chi connectivity index (χ0n) is 12.6. The lowest BCUT2D eigenvalue weighted by atomic mass is 9.99. The molecule has 0 spiro atoms. The van der Waals surface area contributed by atoms with Gasteiger partial charge in [-0.25, -0.2) is 0 Å². The Kier molecular flexibility index (Phi) is 3.37. The first-order valence-corrected chi connectivity index (χ1v) is 8.18. The summed E-state index contributed by atoms with van der Waals surface area (Å²) in [5.41, 5.74) is 2.69. The molecule has 3 aliphatic rings. The van der Waals surface area contributed by atoms with Crippen LogP contribution < -0.4 is 10.6 Å². The van der Waals surface area contributed by atoms with Gasteiger partial charge in [0.1, 0.15) is 0 Å². The van der Waals surface area contributed by atoms with Crippen LogP contribution in [0, 0.1) is 0 Å². The van der Waals surface area contributed by atoms with E-state index >= 15 is 0 Å². The van der Waals surface area contributed by atoms with Crippen molar-refractivity contribution >= 4 is 17.5 Å². The van der Waals surface area contributed by atoms with Gasteiger partial charge in [0.15, 0.2) is 0 Å². The summed E-state index contributed by atoms with van der Waals surface area (Å²) in [6.07, 6.45) is 4.49. The quantitative estimate of drug-likeness (QED) is 0.827. The van der Waals surface area contributed by atoms with E-state index < -0.39 is 0 Å². The molecule has 0 aromatic heterocycles. The molecule has 0 saturated carbocycles. The largest absolute Gasteiger partial charge is 0.331 e. The van der Waals surface area contributed by atoms with Crippen LogP contribution in [0.25, 0.3) is 0 Å². The number of carbonyl (C=O) groups excluding carboxylic acids is 2. The lowest BCUT2D eigenvalue weighted by Gasteiger charge is -2.28. The smallest absolute Gasteiger partial charge is 0.254 e. The zero-order chi connectivity index (χ0) is 15.1. The Labute approximate surface area is 130 Å². The molecular weight excluding hydrogens is 278 g/mol. The summed E-state index contributed by atoms with van der Waals surface area (Å²) in [6, 6.07) is 6.40. The van der Waals surface area contributed by atoms with Crippen LogP contribution in [-0.4, -0.2) is 41.9 Å². The number of aryl methyl sites for hydroxylation is 1. The van der Waals surface area contributed by atoms with E-state index in [-0.39, 0.29) is 11.8 Å². The van der Waals surface area contributed by atoms with E-state index in [0.717, 1.165) is 55.6 Å². The molecule has 1 aromatic rings.